The van der Waals surface area contributed by atoms with Crippen LogP contribution in [0, 0.1) is 5.41 Å². The van der Waals surface area contributed by atoms with Crippen LogP contribution in [-0.4, -0.2) is 17.6 Å². The Morgan fingerprint density at radius 3 is 2.50 bits per heavy atom. The van der Waals surface area contributed by atoms with E-state index in [9.17, 15) is 9.90 Å². The van der Waals surface area contributed by atoms with Crippen molar-refractivity contribution in [2.75, 3.05) is 6.54 Å². The maximum absolute atomic E-state index is 11.6. The van der Waals surface area contributed by atoms with Gasteiger partial charge in [-0.15, -0.1) is 0 Å². The minimum atomic E-state index is -0.724. The smallest absolute Gasteiger partial charge is 0.310 e. The highest BCUT2D eigenvalue weighted by Gasteiger charge is 2.34. The molecule has 0 aliphatic carbocycles. The Labute approximate surface area is 131 Å². The fraction of sp³-hybridized carbons (Fsp3) is 0.500. The molecule has 0 fully saturated rings. The average Bonchev–Trinajstić information content (AvgIpc) is 2.89. The van der Waals surface area contributed by atoms with Gasteiger partial charge in [0, 0.05) is 30.5 Å². The summed E-state index contributed by atoms with van der Waals surface area (Å²) in [6.07, 6.45) is 2.08. The second-order valence-electron chi connectivity index (χ2n) is 5.75. The fourth-order valence-corrected chi connectivity index (χ4v) is 2.93. The van der Waals surface area contributed by atoms with Crippen molar-refractivity contribution in [2.24, 2.45) is 5.41 Å². The number of hydrogen-bond acceptors (Lipinski definition) is 3. The topological polar surface area (TPSA) is 62.5 Å². The van der Waals surface area contributed by atoms with Crippen molar-refractivity contribution >= 4 is 16.9 Å². The first-order chi connectivity index (χ1) is 10.6. The molecule has 0 atom stereocenters. The summed E-state index contributed by atoms with van der Waals surface area (Å²) in [6.45, 7) is 7.04. The number of aryl methyl sites for hydroxylation is 1. The van der Waals surface area contributed by atoms with Crippen LogP contribution in [0.1, 0.15) is 44.9 Å². The summed E-state index contributed by atoms with van der Waals surface area (Å²) >= 11 is 0. The minimum Gasteiger partial charge on any atom is -0.481 e. The third kappa shape index (κ3) is 3.02. The summed E-state index contributed by atoms with van der Waals surface area (Å²) in [5.41, 5.74) is 1.35. The van der Waals surface area contributed by atoms with Gasteiger partial charge in [0.1, 0.15) is 11.3 Å². The fourth-order valence-electron chi connectivity index (χ4n) is 2.93. The quantitative estimate of drug-likeness (QED) is 0.774. The molecule has 0 radical (unpaired) electrons. The van der Waals surface area contributed by atoms with Gasteiger partial charge in [0.15, 0.2) is 0 Å². The number of aliphatic carboxylic acids is 1. The first-order valence-electron chi connectivity index (χ1n) is 8.01. The van der Waals surface area contributed by atoms with Gasteiger partial charge in [-0.05, 0) is 18.9 Å². The number of carbonyl (C=O) groups is 1. The molecule has 0 aliphatic rings. The lowest BCUT2D eigenvalue weighted by atomic mass is 9.82. The Morgan fingerprint density at radius 1 is 1.23 bits per heavy atom. The normalized spacial score (nSPS) is 12.0. The van der Waals surface area contributed by atoms with Crippen LogP contribution in [0.4, 0.5) is 0 Å². The molecule has 22 heavy (non-hydrogen) atoms. The molecule has 4 nitrogen and oxygen atoms in total. The van der Waals surface area contributed by atoms with E-state index in [1.807, 2.05) is 32.0 Å². The lowest BCUT2D eigenvalue weighted by Crippen LogP contribution is -2.40. The molecule has 0 bridgehead atoms. The standard InChI is InChI=1S/C18H25NO3/c1-4-15-14(13-9-7-8-10-16(13)22-15)11-19-12-18(5-2,6-3)17(20)21/h7-10,19H,4-6,11-12H2,1-3H3,(H,20,21). The van der Waals surface area contributed by atoms with E-state index in [0.29, 0.717) is 25.9 Å². The van der Waals surface area contributed by atoms with E-state index in [0.717, 1.165) is 28.7 Å². The third-order valence-corrected chi connectivity index (χ3v) is 4.68. The number of carboxylic acids is 1. The lowest BCUT2D eigenvalue weighted by molar-refractivity contribution is -0.149. The van der Waals surface area contributed by atoms with Crippen LogP contribution in [0.15, 0.2) is 28.7 Å². The van der Waals surface area contributed by atoms with Crippen LogP contribution in [0.2, 0.25) is 0 Å². The second kappa shape index (κ2) is 6.97. The highest BCUT2D eigenvalue weighted by molar-refractivity contribution is 5.82. The maximum atomic E-state index is 11.6. The van der Waals surface area contributed by atoms with Gasteiger partial charge in [0.2, 0.25) is 0 Å². The van der Waals surface area contributed by atoms with Gasteiger partial charge in [0.25, 0.3) is 0 Å². The van der Waals surface area contributed by atoms with Gasteiger partial charge in [-0.2, -0.15) is 0 Å². The summed E-state index contributed by atoms with van der Waals surface area (Å²) < 4.78 is 5.87. The van der Waals surface area contributed by atoms with Crippen molar-refractivity contribution in [3.63, 3.8) is 0 Å². The zero-order valence-corrected chi connectivity index (χ0v) is 13.6. The Kier molecular flexibility index (Phi) is 5.24. The van der Waals surface area contributed by atoms with Gasteiger partial charge >= 0.3 is 5.97 Å². The van der Waals surface area contributed by atoms with E-state index in [2.05, 4.69) is 18.3 Å². The van der Waals surface area contributed by atoms with Crippen molar-refractivity contribution in [1.82, 2.24) is 5.32 Å². The third-order valence-electron chi connectivity index (χ3n) is 4.68. The molecule has 4 heteroatoms. The predicted octanol–water partition coefficient (Wildman–Crippen LogP) is 3.98. The monoisotopic (exact) mass is 303 g/mol. The first kappa shape index (κ1) is 16.6. The number of rotatable bonds is 8. The summed E-state index contributed by atoms with van der Waals surface area (Å²) in [7, 11) is 0. The molecule has 0 saturated carbocycles. The van der Waals surface area contributed by atoms with Crippen LogP contribution in [-0.2, 0) is 17.8 Å². The van der Waals surface area contributed by atoms with Gasteiger partial charge in [-0.3, -0.25) is 4.79 Å². The first-order valence-corrected chi connectivity index (χ1v) is 8.01. The Balaban J connectivity index is 2.16. The second-order valence-corrected chi connectivity index (χ2v) is 5.75. The number of benzene rings is 1. The number of hydrogen-bond donors (Lipinski definition) is 2. The number of fused-ring (bicyclic) bond motifs is 1. The van der Waals surface area contributed by atoms with E-state index >= 15 is 0 Å². The number of carboxylic acid groups (broad SMARTS) is 1. The molecule has 0 spiro atoms. The highest BCUT2D eigenvalue weighted by Crippen LogP contribution is 2.28. The lowest BCUT2D eigenvalue weighted by Gasteiger charge is -2.27. The predicted molar refractivity (Wildman–Crippen MR) is 87.9 cm³/mol. The molecule has 0 amide bonds. The molecule has 1 heterocycles. The molecule has 0 aliphatic heterocycles. The molecule has 120 valence electrons. The largest absolute Gasteiger partial charge is 0.481 e. The zero-order valence-electron chi connectivity index (χ0n) is 13.6. The molecule has 2 aromatic rings. The molecule has 0 saturated heterocycles. The van der Waals surface area contributed by atoms with Gasteiger partial charge in [-0.25, -0.2) is 0 Å². The van der Waals surface area contributed by atoms with Crippen LogP contribution in [0.5, 0.6) is 0 Å². The Morgan fingerprint density at radius 2 is 1.91 bits per heavy atom. The van der Waals surface area contributed by atoms with Gasteiger partial charge in [-0.1, -0.05) is 39.0 Å². The van der Waals surface area contributed by atoms with E-state index in [1.165, 1.54) is 0 Å². The minimum absolute atomic E-state index is 0.470. The van der Waals surface area contributed by atoms with Gasteiger partial charge in [0.05, 0.1) is 5.41 Å². The number of para-hydroxylation sites is 1. The summed E-state index contributed by atoms with van der Waals surface area (Å²) in [6, 6.07) is 7.99. The van der Waals surface area contributed by atoms with Crippen molar-refractivity contribution in [2.45, 2.75) is 46.6 Å². The summed E-state index contributed by atoms with van der Waals surface area (Å²) in [4.78, 5) is 11.6. The van der Waals surface area contributed by atoms with Crippen LogP contribution in [0.3, 0.4) is 0 Å². The van der Waals surface area contributed by atoms with Crippen molar-refractivity contribution in [3.05, 3.63) is 35.6 Å². The molecule has 2 N–H and O–H groups in total. The van der Waals surface area contributed by atoms with Crippen LogP contribution < -0.4 is 5.32 Å². The highest BCUT2D eigenvalue weighted by atomic mass is 16.4. The van der Waals surface area contributed by atoms with Crippen LogP contribution in [0.25, 0.3) is 11.0 Å². The SMILES string of the molecule is CCc1oc2ccccc2c1CNCC(CC)(CC)C(=O)O. The van der Waals surface area contributed by atoms with Crippen molar-refractivity contribution < 1.29 is 14.3 Å². The Bertz CT molecular complexity index is 641. The number of nitrogens with one attached hydrogen (secondary N) is 1. The van der Waals surface area contributed by atoms with E-state index in [-0.39, 0.29) is 0 Å². The van der Waals surface area contributed by atoms with Crippen molar-refractivity contribution in [3.8, 4) is 0 Å². The average molecular weight is 303 g/mol. The van der Waals surface area contributed by atoms with E-state index in [1.54, 1.807) is 0 Å². The molecule has 1 aromatic carbocycles. The van der Waals surface area contributed by atoms with Crippen molar-refractivity contribution in [1.29, 1.82) is 0 Å². The summed E-state index contributed by atoms with van der Waals surface area (Å²) in [5, 5.41) is 13.9. The van der Waals surface area contributed by atoms with E-state index in [4.69, 9.17) is 4.42 Å². The molecule has 0 unspecified atom stereocenters. The number of furan rings is 1. The zero-order chi connectivity index (χ0) is 16.2. The Hall–Kier alpha value is -1.81. The summed E-state index contributed by atoms with van der Waals surface area (Å²) in [5.74, 6) is 0.250. The van der Waals surface area contributed by atoms with E-state index < -0.39 is 11.4 Å². The molecule has 1 aromatic heterocycles. The maximum Gasteiger partial charge on any atom is 0.310 e. The molecule has 2 rings (SSSR count). The molecular weight excluding hydrogens is 278 g/mol. The molecular formula is C18H25NO3. The van der Waals surface area contributed by atoms with Gasteiger partial charge < -0.3 is 14.8 Å². The van der Waals surface area contributed by atoms with Crippen LogP contribution >= 0.6 is 0 Å².